The molecule has 3 rings (SSSR count). The van der Waals surface area contributed by atoms with Crippen molar-refractivity contribution in [1.29, 1.82) is 0 Å². The van der Waals surface area contributed by atoms with E-state index in [1.807, 2.05) is 30.3 Å². The maximum absolute atomic E-state index is 12.6. The summed E-state index contributed by atoms with van der Waals surface area (Å²) in [6, 6.07) is 15.9. The van der Waals surface area contributed by atoms with E-state index in [0.717, 1.165) is 5.69 Å². The first-order valence-corrected chi connectivity index (χ1v) is 8.61. The SMILES string of the molecule is COc1ccc(C(=O)C(C)OC(=O)c2nn(-c3ccccc3)cc2OC)cc1. The van der Waals surface area contributed by atoms with Crippen molar-refractivity contribution in [3.63, 3.8) is 0 Å². The number of para-hydroxylation sites is 1. The van der Waals surface area contributed by atoms with Gasteiger partial charge in [-0.2, -0.15) is 5.10 Å². The number of benzene rings is 2. The quantitative estimate of drug-likeness (QED) is 0.462. The minimum Gasteiger partial charge on any atom is -0.497 e. The van der Waals surface area contributed by atoms with Gasteiger partial charge in [-0.3, -0.25) is 4.79 Å². The Kier molecular flexibility index (Phi) is 5.74. The maximum atomic E-state index is 12.6. The zero-order valence-corrected chi connectivity index (χ0v) is 15.8. The number of carbonyl (C=O) groups is 2. The van der Waals surface area contributed by atoms with Crippen LogP contribution in [-0.4, -0.2) is 41.9 Å². The van der Waals surface area contributed by atoms with Crippen LogP contribution in [0.4, 0.5) is 0 Å². The summed E-state index contributed by atoms with van der Waals surface area (Å²) in [4.78, 5) is 25.1. The van der Waals surface area contributed by atoms with Crippen molar-refractivity contribution in [2.24, 2.45) is 0 Å². The molecule has 0 saturated heterocycles. The minimum absolute atomic E-state index is 0.000680. The van der Waals surface area contributed by atoms with Gasteiger partial charge in [0.2, 0.25) is 11.5 Å². The second-order valence-electron chi connectivity index (χ2n) is 5.97. The molecule has 0 aliphatic carbocycles. The zero-order valence-electron chi connectivity index (χ0n) is 15.8. The second-order valence-corrected chi connectivity index (χ2v) is 5.97. The number of rotatable bonds is 7. The average molecular weight is 380 g/mol. The first-order chi connectivity index (χ1) is 13.5. The van der Waals surface area contributed by atoms with E-state index < -0.39 is 12.1 Å². The van der Waals surface area contributed by atoms with Crippen molar-refractivity contribution in [2.75, 3.05) is 14.2 Å². The van der Waals surface area contributed by atoms with Gasteiger partial charge in [-0.1, -0.05) is 18.2 Å². The maximum Gasteiger partial charge on any atom is 0.363 e. The first-order valence-electron chi connectivity index (χ1n) is 8.61. The molecule has 0 radical (unpaired) electrons. The lowest BCUT2D eigenvalue weighted by molar-refractivity contribution is 0.0309. The Bertz CT molecular complexity index is 964. The Balaban J connectivity index is 1.76. The number of ether oxygens (including phenoxy) is 3. The fraction of sp³-hybridized carbons (Fsp3) is 0.190. The summed E-state index contributed by atoms with van der Waals surface area (Å²) in [6.45, 7) is 1.52. The smallest absolute Gasteiger partial charge is 0.363 e. The van der Waals surface area contributed by atoms with Crippen LogP contribution in [0.3, 0.4) is 0 Å². The molecule has 1 atom stereocenters. The number of esters is 1. The van der Waals surface area contributed by atoms with Gasteiger partial charge in [0.05, 0.1) is 26.1 Å². The molecule has 1 aromatic heterocycles. The molecule has 0 aliphatic heterocycles. The molecule has 0 aliphatic rings. The number of Topliss-reactive ketones (excluding diaryl/α,β-unsaturated/α-hetero) is 1. The van der Waals surface area contributed by atoms with E-state index in [1.165, 1.54) is 18.7 Å². The number of aromatic nitrogens is 2. The number of nitrogens with zero attached hydrogens (tertiary/aromatic N) is 2. The Hall–Kier alpha value is -3.61. The number of ketones is 1. The van der Waals surface area contributed by atoms with Gasteiger partial charge in [-0.15, -0.1) is 0 Å². The highest BCUT2D eigenvalue weighted by Crippen LogP contribution is 2.21. The Morgan fingerprint density at radius 1 is 0.964 bits per heavy atom. The molecule has 0 fully saturated rings. The lowest BCUT2D eigenvalue weighted by Crippen LogP contribution is -2.25. The molecule has 3 aromatic rings. The largest absolute Gasteiger partial charge is 0.497 e. The Morgan fingerprint density at radius 3 is 2.25 bits per heavy atom. The summed E-state index contributed by atoms with van der Waals surface area (Å²) in [5.74, 6) is -0.159. The molecule has 0 saturated carbocycles. The third kappa shape index (κ3) is 4.03. The van der Waals surface area contributed by atoms with Crippen LogP contribution in [0.5, 0.6) is 11.5 Å². The van der Waals surface area contributed by atoms with Crippen LogP contribution in [0, 0.1) is 0 Å². The van der Waals surface area contributed by atoms with Crippen molar-refractivity contribution < 1.29 is 23.8 Å². The predicted octanol–water partition coefficient (Wildman–Crippen LogP) is 3.32. The van der Waals surface area contributed by atoms with Gasteiger partial charge in [0.15, 0.2) is 11.9 Å². The van der Waals surface area contributed by atoms with E-state index in [-0.39, 0.29) is 17.2 Å². The molecule has 0 spiro atoms. The summed E-state index contributed by atoms with van der Waals surface area (Å²) in [6.07, 6.45) is 0.606. The van der Waals surface area contributed by atoms with Crippen LogP contribution in [0.2, 0.25) is 0 Å². The van der Waals surface area contributed by atoms with Gasteiger partial charge < -0.3 is 14.2 Å². The standard InChI is InChI=1S/C21H20N2O5/c1-14(20(24)15-9-11-17(26-2)12-10-15)28-21(25)19-18(27-3)13-23(22-19)16-7-5-4-6-8-16/h4-14H,1-3H3. The molecular formula is C21H20N2O5. The molecule has 0 N–H and O–H groups in total. The van der Waals surface area contributed by atoms with Crippen LogP contribution >= 0.6 is 0 Å². The van der Waals surface area contributed by atoms with Gasteiger partial charge in [-0.25, -0.2) is 9.48 Å². The van der Waals surface area contributed by atoms with Crippen molar-refractivity contribution >= 4 is 11.8 Å². The Morgan fingerprint density at radius 2 is 1.64 bits per heavy atom. The molecule has 7 nitrogen and oxygen atoms in total. The summed E-state index contributed by atoms with van der Waals surface area (Å²) in [7, 11) is 2.98. The van der Waals surface area contributed by atoms with Crippen LogP contribution in [0.1, 0.15) is 27.8 Å². The average Bonchev–Trinajstić information content (AvgIpc) is 3.18. The second kappa shape index (κ2) is 8.39. The van der Waals surface area contributed by atoms with Crippen molar-refractivity contribution in [3.05, 3.63) is 72.1 Å². The van der Waals surface area contributed by atoms with Gasteiger partial charge >= 0.3 is 5.97 Å². The minimum atomic E-state index is -0.979. The highest BCUT2D eigenvalue weighted by Gasteiger charge is 2.25. The Labute approximate surface area is 162 Å². The predicted molar refractivity (Wildman–Crippen MR) is 102 cm³/mol. The number of carbonyl (C=O) groups excluding carboxylic acids is 2. The van der Waals surface area contributed by atoms with Crippen molar-refractivity contribution in [3.8, 4) is 17.2 Å². The highest BCUT2D eigenvalue weighted by molar-refractivity contribution is 6.01. The molecule has 0 bridgehead atoms. The van der Waals surface area contributed by atoms with Gasteiger partial charge in [-0.05, 0) is 43.3 Å². The topological polar surface area (TPSA) is 79.7 Å². The molecule has 2 aromatic carbocycles. The van der Waals surface area contributed by atoms with E-state index in [0.29, 0.717) is 11.3 Å². The molecular weight excluding hydrogens is 360 g/mol. The lowest BCUT2D eigenvalue weighted by Gasteiger charge is -2.12. The molecule has 1 heterocycles. The number of hydrogen-bond donors (Lipinski definition) is 0. The van der Waals surface area contributed by atoms with E-state index in [2.05, 4.69) is 5.10 Å². The lowest BCUT2D eigenvalue weighted by atomic mass is 10.1. The van der Waals surface area contributed by atoms with Crippen LogP contribution < -0.4 is 9.47 Å². The van der Waals surface area contributed by atoms with Gasteiger partial charge in [0.1, 0.15) is 5.75 Å². The zero-order chi connectivity index (χ0) is 20.1. The monoisotopic (exact) mass is 380 g/mol. The summed E-state index contributed by atoms with van der Waals surface area (Å²) in [5.41, 5.74) is 1.19. The summed E-state index contributed by atoms with van der Waals surface area (Å²) >= 11 is 0. The van der Waals surface area contributed by atoms with E-state index in [4.69, 9.17) is 14.2 Å². The molecule has 7 heteroatoms. The number of methoxy groups -OCH3 is 2. The van der Waals surface area contributed by atoms with E-state index in [1.54, 1.807) is 37.6 Å². The summed E-state index contributed by atoms with van der Waals surface area (Å²) < 4.78 is 17.2. The molecule has 144 valence electrons. The van der Waals surface area contributed by atoms with Crippen molar-refractivity contribution in [2.45, 2.75) is 13.0 Å². The first kappa shape index (κ1) is 19.2. The summed E-state index contributed by atoms with van der Waals surface area (Å²) in [5, 5.41) is 4.25. The van der Waals surface area contributed by atoms with Gasteiger partial charge in [0, 0.05) is 5.56 Å². The fourth-order valence-electron chi connectivity index (χ4n) is 2.62. The third-order valence-electron chi connectivity index (χ3n) is 4.14. The van der Waals surface area contributed by atoms with Crippen molar-refractivity contribution in [1.82, 2.24) is 9.78 Å². The van der Waals surface area contributed by atoms with Crippen LogP contribution in [-0.2, 0) is 4.74 Å². The van der Waals surface area contributed by atoms with E-state index in [9.17, 15) is 9.59 Å². The van der Waals surface area contributed by atoms with Crippen LogP contribution in [0.15, 0.2) is 60.8 Å². The van der Waals surface area contributed by atoms with Gasteiger partial charge in [0.25, 0.3) is 0 Å². The normalized spacial score (nSPS) is 11.5. The van der Waals surface area contributed by atoms with E-state index >= 15 is 0 Å². The third-order valence-corrected chi connectivity index (χ3v) is 4.14. The number of hydrogen-bond acceptors (Lipinski definition) is 6. The molecule has 28 heavy (non-hydrogen) atoms. The molecule has 0 amide bonds. The fourth-order valence-corrected chi connectivity index (χ4v) is 2.62. The molecule has 1 unspecified atom stereocenters. The highest BCUT2D eigenvalue weighted by atomic mass is 16.5. The van der Waals surface area contributed by atoms with Crippen LogP contribution in [0.25, 0.3) is 5.69 Å².